The number of aromatic nitrogens is 1. The molecule has 2 aromatic rings. The molecule has 1 fully saturated rings. The lowest BCUT2D eigenvalue weighted by Crippen LogP contribution is -2.37. The number of hydrogen-bond acceptors (Lipinski definition) is 4. The zero-order valence-electron chi connectivity index (χ0n) is 14.7. The third kappa shape index (κ3) is 5.53. The minimum Gasteiger partial charge on any atom is -0.379 e. The van der Waals surface area contributed by atoms with Crippen molar-refractivity contribution in [3.05, 3.63) is 64.9 Å². The Balaban J connectivity index is 1.60. The quantitative estimate of drug-likeness (QED) is 0.810. The van der Waals surface area contributed by atoms with Crippen molar-refractivity contribution in [2.45, 2.75) is 18.9 Å². The fourth-order valence-electron chi connectivity index (χ4n) is 3.08. The molecule has 6 heteroatoms. The molecule has 26 heavy (non-hydrogen) atoms. The van der Waals surface area contributed by atoms with Crippen molar-refractivity contribution in [2.75, 3.05) is 32.8 Å². The van der Waals surface area contributed by atoms with Crippen LogP contribution in [-0.4, -0.2) is 48.6 Å². The summed E-state index contributed by atoms with van der Waals surface area (Å²) in [4.78, 5) is 19.0. The fourth-order valence-corrected chi connectivity index (χ4v) is 3.21. The first-order valence-corrected chi connectivity index (χ1v) is 9.35. The molecule has 3 rings (SSSR count). The van der Waals surface area contributed by atoms with Gasteiger partial charge in [0.2, 0.25) is 5.91 Å². The van der Waals surface area contributed by atoms with Crippen LogP contribution in [-0.2, 0) is 9.53 Å². The van der Waals surface area contributed by atoms with E-state index in [0.29, 0.717) is 11.4 Å². The van der Waals surface area contributed by atoms with Crippen molar-refractivity contribution in [1.29, 1.82) is 0 Å². The monoisotopic (exact) mass is 373 g/mol. The summed E-state index contributed by atoms with van der Waals surface area (Å²) in [6.45, 7) is 4.39. The smallest absolute Gasteiger partial charge is 0.220 e. The highest BCUT2D eigenvalue weighted by atomic mass is 35.5. The van der Waals surface area contributed by atoms with Gasteiger partial charge in [-0.1, -0.05) is 29.8 Å². The molecule has 1 aliphatic heterocycles. The molecule has 0 saturated carbocycles. The van der Waals surface area contributed by atoms with E-state index in [1.807, 2.05) is 36.4 Å². The molecule has 5 nitrogen and oxygen atoms in total. The molecular formula is C20H24ClN3O2. The van der Waals surface area contributed by atoms with Crippen molar-refractivity contribution in [3.8, 4) is 0 Å². The first-order chi connectivity index (χ1) is 12.7. The normalized spacial score (nSPS) is 16.2. The Bertz CT molecular complexity index is 688. The van der Waals surface area contributed by atoms with Crippen LogP contribution in [0, 0.1) is 0 Å². The number of carbonyl (C=O) groups excluding carboxylic acids is 1. The first kappa shape index (κ1) is 18.8. The second kappa shape index (κ2) is 9.67. The third-order valence-electron chi connectivity index (χ3n) is 4.51. The largest absolute Gasteiger partial charge is 0.379 e. The molecule has 1 N–H and O–H groups in total. The number of nitrogens with zero attached hydrogens (tertiary/aromatic N) is 2. The van der Waals surface area contributed by atoms with Crippen molar-refractivity contribution in [2.24, 2.45) is 0 Å². The molecule has 138 valence electrons. The molecule has 1 amide bonds. The van der Waals surface area contributed by atoms with Crippen molar-refractivity contribution < 1.29 is 9.53 Å². The molecule has 2 heterocycles. The van der Waals surface area contributed by atoms with Crippen LogP contribution in [0.5, 0.6) is 0 Å². The van der Waals surface area contributed by atoms with Gasteiger partial charge in [0, 0.05) is 36.9 Å². The summed E-state index contributed by atoms with van der Waals surface area (Å²) in [5.41, 5.74) is 1.94. The van der Waals surface area contributed by atoms with Gasteiger partial charge in [-0.3, -0.25) is 14.7 Å². The highest BCUT2D eigenvalue weighted by Crippen LogP contribution is 2.23. The predicted octanol–water partition coefficient (Wildman–Crippen LogP) is 3.05. The molecule has 0 unspecified atom stereocenters. The standard InChI is InChI=1S/C20H24ClN3O2/c21-18-7-5-16(6-8-18)20(17-3-1-9-22-15-17)23-19(25)4-2-10-24-11-13-26-14-12-24/h1,3,5-9,15,20H,2,4,10-14H2,(H,23,25)/t20-/m1/s1. The van der Waals surface area contributed by atoms with Gasteiger partial charge in [-0.2, -0.15) is 0 Å². The minimum absolute atomic E-state index is 0.0436. The highest BCUT2D eigenvalue weighted by Gasteiger charge is 2.17. The number of benzene rings is 1. The lowest BCUT2D eigenvalue weighted by atomic mass is 10.00. The Morgan fingerprint density at radius 3 is 2.65 bits per heavy atom. The third-order valence-corrected chi connectivity index (χ3v) is 4.76. The van der Waals surface area contributed by atoms with Gasteiger partial charge in [-0.15, -0.1) is 0 Å². The van der Waals surface area contributed by atoms with E-state index in [0.717, 1.165) is 50.4 Å². The zero-order valence-corrected chi connectivity index (χ0v) is 15.5. The second-order valence-corrected chi connectivity index (χ2v) is 6.83. The molecule has 1 atom stereocenters. The molecule has 0 spiro atoms. The summed E-state index contributed by atoms with van der Waals surface area (Å²) < 4.78 is 5.35. The van der Waals surface area contributed by atoms with Crippen LogP contribution >= 0.6 is 11.6 Å². The number of nitrogens with one attached hydrogen (secondary N) is 1. The van der Waals surface area contributed by atoms with E-state index in [2.05, 4.69) is 15.2 Å². The van der Waals surface area contributed by atoms with Crippen LogP contribution in [0.3, 0.4) is 0 Å². The van der Waals surface area contributed by atoms with Gasteiger partial charge >= 0.3 is 0 Å². The lowest BCUT2D eigenvalue weighted by Gasteiger charge is -2.26. The molecule has 1 aliphatic rings. The van der Waals surface area contributed by atoms with Crippen molar-refractivity contribution in [1.82, 2.24) is 15.2 Å². The molecule has 1 aromatic heterocycles. The summed E-state index contributed by atoms with van der Waals surface area (Å²) in [6, 6.07) is 11.2. The molecule has 0 aliphatic carbocycles. The Kier molecular flexibility index (Phi) is 7.00. The minimum atomic E-state index is -0.225. The van der Waals surface area contributed by atoms with Crippen molar-refractivity contribution >= 4 is 17.5 Å². The van der Waals surface area contributed by atoms with Gasteiger partial charge in [-0.05, 0) is 42.3 Å². The van der Waals surface area contributed by atoms with Gasteiger partial charge < -0.3 is 10.1 Å². The number of morpholine rings is 1. The van der Waals surface area contributed by atoms with Crippen LogP contribution in [0.2, 0.25) is 5.02 Å². The topological polar surface area (TPSA) is 54.5 Å². The Morgan fingerprint density at radius 2 is 1.96 bits per heavy atom. The zero-order chi connectivity index (χ0) is 18.2. The SMILES string of the molecule is O=C(CCCN1CCOCC1)N[C@H](c1ccc(Cl)cc1)c1cccnc1. The fraction of sp³-hybridized carbons (Fsp3) is 0.400. The number of pyridine rings is 1. The average molecular weight is 374 g/mol. The van der Waals surface area contributed by atoms with E-state index in [9.17, 15) is 4.79 Å². The van der Waals surface area contributed by atoms with Gasteiger partial charge in [0.05, 0.1) is 19.3 Å². The van der Waals surface area contributed by atoms with Crippen LogP contribution in [0.25, 0.3) is 0 Å². The summed E-state index contributed by atoms with van der Waals surface area (Å²) >= 11 is 6.00. The number of halogens is 1. The van der Waals surface area contributed by atoms with E-state index < -0.39 is 0 Å². The maximum Gasteiger partial charge on any atom is 0.220 e. The van der Waals surface area contributed by atoms with Gasteiger partial charge in [0.15, 0.2) is 0 Å². The van der Waals surface area contributed by atoms with Gasteiger partial charge in [0.25, 0.3) is 0 Å². The number of carbonyl (C=O) groups is 1. The van der Waals surface area contributed by atoms with E-state index in [1.165, 1.54) is 0 Å². The maximum atomic E-state index is 12.5. The van der Waals surface area contributed by atoms with Crippen LogP contribution < -0.4 is 5.32 Å². The number of ether oxygens (including phenoxy) is 1. The molecule has 1 aromatic carbocycles. The number of hydrogen-bond donors (Lipinski definition) is 1. The predicted molar refractivity (Wildman–Crippen MR) is 102 cm³/mol. The summed E-state index contributed by atoms with van der Waals surface area (Å²) in [6.07, 6.45) is 4.85. The molecule has 1 saturated heterocycles. The van der Waals surface area contributed by atoms with Crippen molar-refractivity contribution in [3.63, 3.8) is 0 Å². The average Bonchev–Trinajstić information content (AvgIpc) is 2.68. The highest BCUT2D eigenvalue weighted by molar-refractivity contribution is 6.30. The summed E-state index contributed by atoms with van der Waals surface area (Å²) in [5, 5.41) is 3.82. The summed E-state index contributed by atoms with van der Waals surface area (Å²) in [7, 11) is 0. The molecular weight excluding hydrogens is 350 g/mol. The van der Waals surface area contributed by atoms with Gasteiger partial charge in [0.1, 0.15) is 0 Å². The Labute approximate surface area is 159 Å². The number of amides is 1. The van der Waals surface area contributed by atoms with E-state index >= 15 is 0 Å². The maximum absolute atomic E-state index is 12.5. The Hall–Kier alpha value is -1.95. The summed E-state index contributed by atoms with van der Waals surface area (Å²) in [5.74, 6) is 0.0436. The second-order valence-electron chi connectivity index (χ2n) is 6.40. The molecule has 0 radical (unpaired) electrons. The van der Waals surface area contributed by atoms with E-state index in [4.69, 9.17) is 16.3 Å². The number of rotatable bonds is 7. The van der Waals surface area contributed by atoms with Crippen LogP contribution in [0.4, 0.5) is 0 Å². The van der Waals surface area contributed by atoms with E-state index in [1.54, 1.807) is 12.4 Å². The Morgan fingerprint density at radius 1 is 1.19 bits per heavy atom. The van der Waals surface area contributed by atoms with Gasteiger partial charge in [-0.25, -0.2) is 0 Å². The van der Waals surface area contributed by atoms with Crippen LogP contribution in [0.15, 0.2) is 48.8 Å². The molecule has 0 bridgehead atoms. The first-order valence-electron chi connectivity index (χ1n) is 8.97. The lowest BCUT2D eigenvalue weighted by molar-refractivity contribution is -0.121. The van der Waals surface area contributed by atoms with Crippen LogP contribution in [0.1, 0.15) is 30.0 Å². The van der Waals surface area contributed by atoms with E-state index in [-0.39, 0.29) is 11.9 Å².